The summed E-state index contributed by atoms with van der Waals surface area (Å²) >= 11 is 0. The molecule has 1 N–H and O–H groups in total. The summed E-state index contributed by atoms with van der Waals surface area (Å²) in [4.78, 5) is 26.6. The van der Waals surface area contributed by atoms with Gasteiger partial charge >= 0.3 is 0 Å². The van der Waals surface area contributed by atoms with E-state index in [1.165, 1.54) is 25.7 Å². The monoisotopic (exact) mass is 316 g/mol. The number of nitrogens with one attached hydrogen (secondary N) is 1. The average Bonchev–Trinajstić information content (AvgIpc) is 3.40. The van der Waals surface area contributed by atoms with E-state index < -0.39 is 0 Å². The molecule has 124 valence electrons. The first kappa shape index (κ1) is 14.7. The number of hydrogen-bond donors (Lipinski definition) is 1. The Morgan fingerprint density at radius 2 is 2.17 bits per heavy atom. The molecule has 6 nitrogen and oxygen atoms in total. The van der Waals surface area contributed by atoms with Crippen LogP contribution in [0, 0.1) is 11.3 Å². The molecule has 2 saturated carbocycles. The number of carbonyl (C=O) groups is 2. The van der Waals surface area contributed by atoms with Gasteiger partial charge in [-0.3, -0.25) is 14.3 Å². The number of likely N-dealkylation sites (tertiary alicyclic amines) is 1. The fourth-order valence-corrected chi connectivity index (χ4v) is 3.74. The third kappa shape index (κ3) is 2.99. The van der Waals surface area contributed by atoms with E-state index >= 15 is 0 Å². The van der Waals surface area contributed by atoms with Gasteiger partial charge in [0.2, 0.25) is 5.91 Å². The standard InChI is InChI=1S/C17H24N4O2/c1-18-15(22)6-14-7-17(4-5-17)11-21(14)16(23)13-8-19-20(10-13)9-12-2-3-12/h8,10,12,14H,2-7,9,11H2,1H3,(H,18,22)/t14-/m1/s1. The molecule has 23 heavy (non-hydrogen) atoms. The first-order valence-electron chi connectivity index (χ1n) is 8.63. The number of hydrogen-bond acceptors (Lipinski definition) is 3. The first-order chi connectivity index (χ1) is 11.1. The van der Waals surface area contributed by atoms with Crippen molar-refractivity contribution in [1.29, 1.82) is 0 Å². The molecule has 1 spiro atoms. The summed E-state index contributed by atoms with van der Waals surface area (Å²) in [5.41, 5.74) is 0.948. The second kappa shape index (κ2) is 5.35. The molecule has 0 radical (unpaired) electrons. The quantitative estimate of drug-likeness (QED) is 0.893. The highest BCUT2D eigenvalue weighted by Gasteiger charge is 2.53. The predicted octanol–water partition coefficient (Wildman–Crippen LogP) is 1.42. The van der Waals surface area contributed by atoms with Crippen LogP contribution in [0.1, 0.15) is 48.9 Å². The Kier molecular flexibility index (Phi) is 3.43. The molecule has 1 aliphatic heterocycles. The molecule has 1 aromatic heterocycles. The van der Waals surface area contributed by atoms with Gasteiger partial charge in [0, 0.05) is 38.8 Å². The average molecular weight is 316 g/mol. The van der Waals surface area contributed by atoms with Crippen LogP contribution < -0.4 is 5.32 Å². The van der Waals surface area contributed by atoms with E-state index in [4.69, 9.17) is 0 Å². The van der Waals surface area contributed by atoms with Gasteiger partial charge in [0.1, 0.15) is 0 Å². The van der Waals surface area contributed by atoms with Crippen molar-refractivity contribution < 1.29 is 9.59 Å². The Hall–Kier alpha value is -1.85. The summed E-state index contributed by atoms with van der Waals surface area (Å²) in [6.45, 7) is 1.71. The summed E-state index contributed by atoms with van der Waals surface area (Å²) < 4.78 is 1.89. The molecule has 1 aromatic rings. The van der Waals surface area contributed by atoms with Crippen LogP contribution >= 0.6 is 0 Å². The predicted molar refractivity (Wildman–Crippen MR) is 84.7 cm³/mol. The molecular formula is C17H24N4O2. The summed E-state index contributed by atoms with van der Waals surface area (Å²) in [7, 11) is 1.65. The molecule has 3 aliphatic rings. The smallest absolute Gasteiger partial charge is 0.257 e. The topological polar surface area (TPSA) is 67.2 Å². The van der Waals surface area contributed by atoms with Crippen LogP contribution in [0.2, 0.25) is 0 Å². The fourth-order valence-electron chi connectivity index (χ4n) is 3.74. The van der Waals surface area contributed by atoms with Crippen molar-refractivity contribution in [2.45, 2.75) is 51.1 Å². The molecule has 0 bridgehead atoms. The number of nitrogens with zero attached hydrogens (tertiary/aromatic N) is 3. The lowest BCUT2D eigenvalue weighted by Gasteiger charge is -2.23. The Morgan fingerprint density at radius 1 is 1.39 bits per heavy atom. The minimum absolute atomic E-state index is 0.00919. The van der Waals surface area contributed by atoms with E-state index in [1.807, 2.05) is 15.8 Å². The van der Waals surface area contributed by atoms with Crippen molar-refractivity contribution in [1.82, 2.24) is 20.0 Å². The highest BCUT2D eigenvalue weighted by atomic mass is 16.2. The summed E-state index contributed by atoms with van der Waals surface area (Å²) in [5.74, 6) is 0.778. The highest BCUT2D eigenvalue weighted by molar-refractivity contribution is 5.94. The molecule has 6 heteroatoms. The van der Waals surface area contributed by atoms with Crippen molar-refractivity contribution in [3.63, 3.8) is 0 Å². The number of amides is 2. The minimum atomic E-state index is 0.00919. The second-order valence-electron chi connectivity index (χ2n) is 7.56. The van der Waals surface area contributed by atoms with Crippen LogP contribution in [-0.4, -0.2) is 46.1 Å². The van der Waals surface area contributed by atoms with Gasteiger partial charge < -0.3 is 10.2 Å². The maximum atomic E-state index is 12.9. The second-order valence-corrected chi connectivity index (χ2v) is 7.56. The van der Waals surface area contributed by atoms with E-state index in [-0.39, 0.29) is 17.9 Å². The van der Waals surface area contributed by atoms with Gasteiger partial charge in [-0.05, 0) is 43.4 Å². The number of carbonyl (C=O) groups excluding carboxylic acids is 2. The summed E-state index contributed by atoms with van der Waals surface area (Å²) in [6, 6.07) is 0.0248. The van der Waals surface area contributed by atoms with Crippen LogP contribution in [0.5, 0.6) is 0 Å². The molecule has 0 unspecified atom stereocenters. The Labute approximate surface area is 136 Å². The van der Waals surface area contributed by atoms with Crippen LogP contribution in [0.15, 0.2) is 12.4 Å². The Balaban J connectivity index is 1.48. The van der Waals surface area contributed by atoms with Crippen LogP contribution in [0.4, 0.5) is 0 Å². The lowest BCUT2D eigenvalue weighted by Crippen LogP contribution is -2.38. The summed E-state index contributed by atoms with van der Waals surface area (Å²) in [5, 5.41) is 7.01. The van der Waals surface area contributed by atoms with E-state index in [0.717, 1.165) is 25.4 Å². The van der Waals surface area contributed by atoms with Gasteiger partial charge in [0.15, 0.2) is 0 Å². The maximum Gasteiger partial charge on any atom is 0.257 e. The largest absolute Gasteiger partial charge is 0.359 e. The zero-order chi connectivity index (χ0) is 16.0. The zero-order valence-corrected chi connectivity index (χ0v) is 13.6. The van der Waals surface area contributed by atoms with Crippen LogP contribution in [0.3, 0.4) is 0 Å². The van der Waals surface area contributed by atoms with Gasteiger partial charge in [-0.2, -0.15) is 5.10 Å². The molecule has 3 fully saturated rings. The van der Waals surface area contributed by atoms with Crippen LogP contribution in [-0.2, 0) is 11.3 Å². The molecule has 1 saturated heterocycles. The SMILES string of the molecule is CNC(=O)C[C@@H]1CC2(CC2)CN1C(=O)c1cnn(CC2CC2)c1. The van der Waals surface area contributed by atoms with E-state index in [2.05, 4.69) is 10.4 Å². The molecule has 0 aromatic carbocycles. The van der Waals surface area contributed by atoms with Gasteiger partial charge in [-0.15, -0.1) is 0 Å². The van der Waals surface area contributed by atoms with Gasteiger partial charge in [0.25, 0.3) is 5.91 Å². The molecule has 2 heterocycles. The molecule has 2 aliphatic carbocycles. The highest BCUT2D eigenvalue weighted by Crippen LogP contribution is 2.55. The van der Waals surface area contributed by atoms with Gasteiger partial charge in [-0.1, -0.05) is 0 Å². The van der Waals surface area contributed by atoms with Gasteiger partial charge in [0.05, 0.1) is 11.8 Å². The minimum Gasteiger partial charge on any atom is -0.359 e. The third-order valence-corrected chi connectivity index (χ3v) is 5.56. The van der Waals surface area contributed by atoms with Crippen molar-refractivity contribution in [3.05, 3.63) is 18.0 Å². The molecule has 4 rings (SSSR count). The van der Waals surface area contributed by atoms with Crippen molar-refractivity contribution in [2.24, 2.45) is 11.3 Å². The first-order valence-corrected chi connectivity index (χ1v) is 8.63. The van der Waals surface area contributed by atoms with Crippen molar-refractivity contribution >= 4 is 11.8 Å². The number of rotatable bonds is 5. The Bertz CT molecular complexity index is 630. The Morgan fingerprint density at radius 3 is 2.83 bits per heavy atom. The molecular weight excluding hydrogens is 292 g/mol. The number of aromatic nitrogens is 2. The van der Waals surface area contributed by atoms with E-state index in [1.54, 1.807) is 13.2 Å². The van der Waals surface area contributed by atoms with Crippen LogP contribution in [0.25, 0.3) is 0 Å². The van der Waals surface area contributed by atoms with Crippen molar-refractivity contribution in [2.75, 3.05) is 13.6 Å². The maximum absolute atomic E-state index is 12.9. The van der Waals surface area contributed by atoms with Crippen molar-refractivity contribution in [3.8, 4) is 0 Å². The lowest BCUT2D eigenvalue weighted by atomic mass is 10.0. The fraction of sp³-hybridized carbons (Fsp3) is 0.706. The molecule has 2 amide bonds. The summed E-state index contributed by atoms with van der Waals surface area (Å²) in [6.07, 6.45) is 9.82. The van der Waals surface area contributed by atoms with Gasteiger partial charge in [-0.25, -0.2) is 0 Å². The lowest BCUT2D eigenvalue weighted by molar-refractivity contribution is -0.121. The molecule has 1 atom stereocenters. The third-order valence-electron chi connectivity index (χ3n) is 5.56. The normalized spacial score (nSPS) is 24.9. The zero-order valence-electron chi connectivity index (χ0n) is 13.6. The van der Waals surface area contributed by atoms with E-state index in [9.17, 15) is 9.59 Å². The van der Waals surface area contributed by atoms with E-state index in [0.29, 0.717) is 17.4 Å².